The van der Waals surface area contributed by atoms with Gasteiger partial charge in [-0.15, -0.1) is 0 Å². The molecule has 0 spiro atoms. The molecule has 0 saturated carbocycles. The zero-order valence-corrected chi connectivity index (χ0v) is 29.3. The van der Waals surface area contributed by atoms with Crippen LogP contribution in [0, 0.1) is 0 Å². The first-order chi connectivity index (χ1) is 21.2. The molecule has 0 atom stereocenters. The summed E-state index contributed by atoms with van der Waals surface area (Å²) in [7, 11) is 0. The maximum atomic E-state index is 12.3. The predicted octanol–water partition coefficient (Wildman–Crippen LogP) is 13.5. The Labute approximate surface area is 272 Å². The highest BCUT2D eigenvalue weighted by atomic mass is 16.4. The minimum absolute atomic E-state index is 0.432. The van der Waals surface area contributed by atoms with Gasteiger partial charge in [-0.25, -0.2) is 4.79 Å². The maximum absolute atomic E-state index is 12.3. The van der Waals surface area contributed by atoms with Crippen molar-refractivity contribution in [2.24, 2.45) is 0 Å². The molecule has 0 radical (unpaired) electrons. The molecule has 1 N–H and O–H groups in total. The fourth-order valence-electron chi connectivity index (χ4n) is 4.54. The smallest absolute Gasteiger partial charge is 0.332 e. The molecule has 44 heavy (non-hydrogen) atoms. The van der Waals surface area contributed by atoms with E-state index in [2.05, 4.69) is 91.0 Å². The molecule has 0 aliphatic rings. The molecule has 0 aliphatic carbocycles. The van der Waals surface area contributed by atoms with Crippen LogP contribution in [-0.4, -0.2) is 11.1 Å². The van der Waals surface area contributed by atoms with Crippen molar-refractivity contribution in [1.29, 1.82) is 0 Å². The Morgan fingerprint density at radius 1 is 0.545 bits per heavy atom. The standard InChI is InChI=1S/C42H64O2/c1-8-9-10-11-12-13-14-15-16-17-18-19-20-21-22-23-24-31-40(34-32-38(6)29-25-27-36(2)3)41(42(43)44)35-33-39(7)30-26-28-37(4)5/h16-24,27-28,31-33H,8-15,25-26,29-30,34-35H2,1-7H3,(H,43,44)/b17-16?,19-18?,21-20?,23-22?,31-24?,38-32+,39-33+,41-40?. The van der Waals surface area contributed by atoms with Gasteiger partial charge in [0.15, 0.2) is 0 Å². The second-order valence-electron chi connectivity index (χ2n) is 12.3. The number of hydrogen-bond donors (Lipinski definition) is 1. The third kappa shape index (κ3) is 26.5. The second-order valence-corrected chi connectivity index (χ2v) is 12.3. The van der Waals surface area contributed by atoms with Crippen LogP contribution in [0.1, 0.15) is 138 Å². The predicted molar refractivity (Wildman–Crippen MR) is 197 cm³/mol. The van der Waals surface area contributed by atoms with Crippen molar-refractivity contribution in [3.05, 3.63) is 119 Å². The van der Waals surface area contributed by atoms with Gasteiger partial charge in [0.2, 0.25) is 0 Å². The average molecular weight is 601 g/mol. The topological polar surface area (TPSA) is 37.3 Å². The first kappa shape index (κ1) is 40.9. The highest BCUT2D eigenvalue weighted by Gasteiger charge is 2.11. The number of rotatable bonds is 24. The largest absolute Gasteiger partial charge is 0.478 e. The van der Waals surface area contributed by atoms with E-state index in [1.54, 1.807) is 0 Å². The van der Waals surface area contributed by atoms with E-state index >= 15 is 0 Å². The van der Waals surface area contributed by atoms with Gasteiger partial charge in [-0.1, -0.05) is 153 Å². The molecular weight excluding hydrogens is 536 g/mol. The number of carboxylic acid groups (broad SMARTS) is 1. The van der Waals surface area contributed by atoms with Crippen LogP contribution in [0.5, 0.6) is 0 Å². The lowest BCUT2D eigenvalue weighted by Gasteiger charge is -2.08. The lowest BCUT2D eigenvalue weighted by atomic mass is 9.98. The summed E-state index contributed by atoms with van der Waals surface area (Å²) in [5, 5.41) is 10.1. The van der Waals surface area contributed by atoms with Gasteiger partial charge in [0, 0.05) is 5.57 Å². The molecule has 0 fully saturated rings. The molecule has 244 valence electrons. The number of hydrogen-bond acceptors (Lipinski definition) is 1. The van der Waals surface area contributed by atoms with Gasteiger partial charge in [-0.3, -0.25) is 0 Å². The summed E-state index contributed by atoms with van der Waals surface area (Å²) in [4.78, 5) is 12.3. The molecule has 0 rings (SSSR count). The van der Waals surface area contributed by atoms with E-state index < -0.39 is 5.97 Å². The van der Waals surface area contributed by atoms with Gasteiger partial charge >= 0.3 is 5.97 Å². The summed E-state index contributed by atoms with van der Waals surface area (Å²) >= 11 is 0. The van der Waals surface area contributed by atoms with E-state index in [9.17, 15) is 9.90 Å². The van der Waals surface area contributed by atoms with E-state index in [0.717, 1.165) is 37.7 Å². The Kier molecular flexibility index (Phi) is 26.6. The van der Waals surface area contributed by atoms with Crippen molar-refractivity contribution in [3.63, 3.8) is 0 Å². The molecular formula is C42H64O2. The summed E-state index contributed by atoms with van der Waals surface area (Å²) < 4.78 is 0. The Bertz CT molecular complexity index is 1080. The highest BCUT2D eigenvalue weighted by Crippen LogP contribution is 2.20. The van der Waals surface area contributed by atoms with Gasteiger partial charge < -0.3 is 5.11 Å². The van der Waals surface area contributed by atoms with Crippen molar-refractivity contribution in [2.45, 2.75) is 138 Å². The lowest BCUT2D eigenvalue weighted by molar-refractivity contribution is -0.132. The zero-order chi connectivity index (χ0) is 32.8. The van der Waals surface area contributed by atoms with Crippen molar-refractivity contribution < 1.29 is 9.90 Å². The third-order valence-electron chi connectivity index (χ3n) is 7.34. The normalized spacial score (nSPS) is 13.6. The van der Waals surface area contributed by atoms with Crippen molar-refractivity contribution in [2.75, 3.05) is 0 Å². The van der Waals surface area contributed by atoms with Gasteiger partial charge in [-0.2, -0.15) is 0 Å². The molecule has 2 heteroatoms. The van der Waals surface area contributed by atoms with E-state index in [4.69, 9.17) is 0 Å². The van der Waals surface area contributed by atoms with E-state index in [1.165, 1.54) is 67.2 Å². The Morgan fingerprint density at radius 2 is 1.02 bits per heavy atom. The van der Waals surface area contributed by atoms with Crippen LogP contribution < -0.4 is 0 Å². The minimum Gasteiger partial charge on any atom is -0.478 e. The van der Waals surface area contributed by atoms with Crippen LogP contribution in [0.4, 0.5) is 0 Å². The van der Waals surface area contributed by atoms with Crippen LogP contribution >= 0.6 is 0 Å². The number of allylic oxidation sites excluding steroid dienone is 19. The van der Waals surface area contributed by atoms with E-state index in [1.807, 2.05) is 42.5 Å². The van der Waals surface area contributed by atoms with E-state index in [0.29, 0.717) is 18.4 Å². The molecule has 0 aliphatic heterocycles. The van der Waals surface area contributed by atoms with Crippen LogP contribution in [0.25, 0.3) is 0 Å². The number of carbonyl (C=O) groups is 1. The summed E-state index contributed by atoms with van der Waals surface area (Å²) in [6, 6.07) is 0. The highest BCUT2D eigenvalue weighted by molar-refractivity contribution is 5.88. The summed E-state index contributed by atoms with van der Waals surface area (Å²) in [5.74, 6) is -0.845. The van der Waals surface area contributed by atoms with Crippen molar-refractivity contribution in [3.8, 4) is 0 Å². The molecule has 0 aromatic carbocycles. The number of aliphatic carboxylic acids is 1. The third-order valence-corrected chi connectivity index (χ3v) is 7.34. The summed E-state index contributed by atoms with van der Waals surface area (Å²) in [6.07, 6.45) is 44.7. The van der Waals surface area contributed by atoms with Gasteiger partial charge in [0.1, 0.15) is 0 Å². The first-order valence-electron chi connectivity index (χ1n) is 17.0. The fourth-order valence-corrected chi connectivity index (χ4v) is 4.54. The monoisotopic (exact) mass is 600 g/mol. The SMILES string of the molecule is CCCCCCCCCC=CC=CC=CC=CC=CC(C/C=C(\C)CCC=C(C)C)=C(C/C=C(\C)CCC=C(C)C)C(=O)O. The first-order valence-corrected chi connectivity index (χ1v) is 17.0. The second kappa shape index (κ2) is 28.6. The molecule has 0 bridgehead atoms. The van der Waals surface area contributed by atoms with Gasteiger partial charge in [0.25, 0.3) is 0 Å². The molecule has 0 saturated heterocycles. The van der Waals surface area contributed by atoms with Crippen LogP contribution in [-0.2, 0) is 4.79 Å². The summed E-state index contributed by atoms with van der Waals surface area (Å²) in [6.45, 7) is 14.9. The van der Waals surface area contributed by atoms with Crippen LogP contribution in [0.15, 0.2) is 119 Å². The molecule has 0 aromatic rings. The van der Waals surface area contributed by atoms with Crippen molar-refractivity contribution >= 4 is 5.97 Å². The quantitative estimate of drug-likeness (QED) is 0.0518. The van der Waals surface area contributed by atoms with Crippen molar-refractivity contribution in [1.82, 2.24) is 0 Å². The number of carboxylic acids is 1. The molecule has 2 nitrogen and oxygen atoms in total. The maximum Gasteiger partial charge on any atom is 0.332 e. The zero-order valence-electron chi connectivity index (χ0n) is 29.3. The van der Waals surface area contributed by atoms with Crippen LogP contribution in [0.3, 0.4) is 0 Å². The van der Waals surface area contributed by atoms with E-state index in [-0.39, 0.29) is 0 Å². The molecule has 0 aromatic heterocycles. The lowest BCUT2D eigenvalue weighted by Crippen LogP contribution is -2.04. The Hall–Kier alpha value is -3.13. The molecule has 0 heterocycles. The van der Waals surface area contributed by atoms with Crippen LogP contribution in [0.2, 0.25) is 0 Å². The average Bonchev–Trinajstić information content (AvgIpc) is 2.96. The van der Waals surface area contributed by atoms with Gasteiger partial charge in [-0.05, 0) is 98.5 Å². The fraction of sp³-hybridized carbons (Fsp3) is 0.500. The summed E-state index contributed by atoms with van der Waals surface area (Å²) in [5.41, 5.74) is 6.47. The number of unbranched alkanes of at least 4 members (excludes halogenated alkanes) is 7. The Morgan fingerprint density at radius 3 is 1.55 bits per heavy atom. The Balaban J connectivity index is 5.29. The molecule has 0 amide bonds. The van der Waals surface area contributed by atoms with Gasteiger partial charge in [0.05, 0.1) is 0 Å². The molecule has 0 unspecified atom stereocenters. The minimum atomic E-state index is -0.845.